The van der Waals surface area contributed by atoms with Crippen molar-refractivity contribution >= 4 is 47.4 Å². The molecule has 1 amide bonds. The Hall–Kier alpha value is -5.92. The predicted octanol–water partition coefficient (Wildman–Crippen LogP) is 5.43. The third kappa shape index (κ3) is 28.5. The second kappa shape index (κ2) is 31.8. The maximum atomic E-state index is 11.0. The molecule has 0 saturated carbocycles. The Morgan fingerprint density at radius 2 is 1.08 bits per heavy atom. The monoisotopic (exact) mass is 1110 g/mol. The molecular weight excluding hydrogens is 1040 g/mol. The molecule has 0 radical (unpaired) electrons. The van der Waals surface area contributed by atoms with E-state index in [0.717, 1.165) is 51.7 Å². The quantitative estimate of drug-likeness (QED) is 0.0462. The standard InChI is InChI=1S/C9H14N2O5S2.C9H11NO2.C9H13NO.C9H12O2.C9H12O.C7H8O4S.Na/c1-6-3-8(11-17(2,13)14)9(12)4-7(6)5-18(10,15)16;1-6-3-4-9(12)8(5-6)10-7(2)11;1-7-3-4-9(11)5-8(7)6-10-2;1-6-3-8(5-10)4-7(2)9(6)11;1-6-4-7(2)9(10)8(3)5-6;8-7-3-1-6(2-4-7)5-12(9,10)11;/h3-4,11-12H,5H2,1-2H3,(H2,10,15,16);3-5,12H,1-2H3,(H,10,11);3-5,10-11H,6H2,1-2H3;3-4,10-11H,5H2,1-2H3;4-5,10H,1-3H3;1-4,8H,5H2,(H,9,10,11);/q;;;;;;+1/p-1. The van der Waals surface area contributed by atoms with Crippen LogP contribution in [0.4, 0.5) is 11.4 Å². The number of aromatic hydroxyl groups is 6. The van der Waals surface area contributed by atoms with Crippen LogP contribution in [0.2, 0.25) is 0 Å². The largest absolute Gasteiger partial charge is 1.00 e. The number of rotatable bonds is 10. The molecule has 0 aromatic heterocycles. The molecule has 19 nitrogen and oxygen atoms in total. The van der Waals surface area contributed by atoms with E-state index in [-0.39, 0.29) is 65.0 Å². The number of phenols is 6. The minimum Gasteiger partial charge on any atom is -0.748 e. The Morgan fingerprint density at radius 1 is 0.573 bits per heavy atom. The van der Waals surface area contributed by atoms with Gasteiger partial charge in [-0.1, -0.05) is 54.1 Å². The van der Waals surface area contributed by atoms with E-state index in [0.29, 0.717) is 39.6 Å². The molecular formula is C52H69N4NaO15S3. The summed E-state index contributed by atoms with van der Waals surface area (Å²) in [5.74, 6) is -0.286. The number of nitrogens with one attached hydrogen (secondary N) is 4. The van der Waals surface area contributed by atoms with Gasteiger partial charge in [-0.15, -0.1) is 0 Å². The number of phenolic OH excluding ortho intramolecular Hbond substituents is 6. The van der Waals surface area contributed by atoms with Crippen LogP contribution in [0.5, 0.6) is 34.5 Å². The number of carbonyl (C=O) groups is 1. The van der Waals surface area contributed by atoms with Gasteiger partial charge < -0.3 is 55.5 Å². The van der Waals surface area contributed by atoms with Crippen molar-refractivity contribution in [3.05, 3.63) is 164 Å². The van der Waals surface area contributed by atoms with Gasteiger partial charge in [-0.05, 0) is 172 Å². The first-order valence-corrected chi connectivity index (χ1v) is 27.4. The average Bonchev–Trinajstić information content (AvgIpc) is 3.26. The van der Waals surface area contributed by atoms with E-state index in [9.17, 15) is 50.8 Å². The van der Waals surface area contributed by atoms with Crippen molar-refractivity contribution in [3.63, 3.8) is 0 Å². The van der Waals surface area contributed by atoms with Crippen LogP contribution in [0.15, 0.2) is 97.1 Å². The van der Waals surface area contributed by atoms with Crippen molar-refractivity contribution < 1.29 is 100 Å². The first kappa shape index (κ1) is 69.1. The molecule has 0 spiro atoms. The number of aryl methyl sites for hydroxylation is 8. The first-order chi connectivity index (χ1) is 34.0. The first-order valence-electron chi connectivity index (χ1n) is 22.2. The van der Waals surface area contributed by atoms with Crippen molar-refractivity contribution in [3.8, 4) is 34.5 Å². The molecule has 1 atom stereocenters. The number of aliphatic hydroxyl groups is 1. The van der Waals surface area contributed by atoms with Crippen molar-refractivity contribution in [2.75, 3.05) is 23.3 Å². The van der Waals surface area contributed by atoms with Crippen molar-refractivity contribution in [2.24, 2.45) is 0 Å². The van der Waals surface area contributed by atoms with Gasteiger partial charge in [-0.25, -0.2) is 25.8 Å². The van der Waals surface area contributed by atoms with Crippen molar-refractivity contribution in [2.45, 2.75) is 87.0 Å². The van der Waals surface area contributed by atoms with Gasteiger partial charge in [0.05, 0.1) is 45.9 Å². The summed E-state index contributed by atoms with van der Waals surface area (Å²) in [6.45, 7) is 17.3. The summed E-state index contributed by atoms with van der Waals surface area (Å²) in [6, 6.07) is 25.9. The number of anilines is 2. The van der Waals surface area contributed by atoms with Gasteiger partial charge in [0.25, 0.3) is 0 Å². The third-order valence-electron chi connectivity index (χ3n) is 9.91. The van der Waals surface area contributed by atoms with Gasteiger partial charge >= 0.3 is 29.6 Å². The van der Waals surface area contributed by atoms with Crippen LogP contribution in [0.3, 0.4) is 0 Å². The maximum Gasteiger partial charge on any atom is 1.00 e. The second-order valence-corrected chi connectivity index (χ2v) is 21.9. The molecule has 0 saturated heterocycles. The Bertz CT molecular complexity index is 3070. The van der Waals surface area contributed by atoms with Crippen LogP contribution in [-0.2, 0) is 59.6 Å². The number of carbonyl (C=O) groups excluding carboxylic acids is 1. The van der Waals surface area contributed by atoms with E-state index >= 15 is 0 Å². The minimum absolute atomic E-state index is 0. The van der Waals surface area contributed by atoms with Gasteiger partial charge in [-0.3, -0.25) is 9.52 Å². The Morgan fingerprint density at radius 3 is 1.53 bits per heavy atom. The summed E-state index contributed by atoms with van der Waals surface area (Å²) >= 11 is 0. The fourth-order valence-electron chi connectivity index (χ4n) is 6.47. The topological polar surface area (TPSA) is 347 Å². The fraction of sp³-hybridized carbons (Fsp3) is 0.288. The van der Waals surface area contributed by atoms with E-state index in [1.54, 1.807) is 49.4 Å². The number of aliphatic hydroxyl groups excluding tert-OH is 1. The van der Waals surface area contributed by atoms with E-state index in [1.807, 2.05) is 73.7 Å². The van der Waals surface area contributed by atoms with Crippen LogP contribution in [0, 0.1) is 60.2 Å². The third-order valence-corrected chi connectivity index (χ3v) is 11.9. The van der Waals surface area contributed by atoms with Gasteiger partial charge in [0.15, 0.2) is 10.0 Å². The molecule has 0 aliphatic rings. The van der Waals surface area contributed by atoms with E-state index < -0.39 is 41.7 Å². The zero-order chi connectivity index (χ0) is 56.9. The van der Waals surface area contributed by atoms with E-state index in [1.165, 1.54) is 54.4 Å². The smallest absolute Gasteiger partial charge is 0.748 e. The SMILES string of the molecule is CC(=O)Nc1cc(C)ccc1O.CNCc1cc(O)ccc1C.Cc1cc(C)c(O)c(C)c1.Cc1cc(CO)cc(C)c1O.Cc1cc(NS(C)(=O)=O)c(O)cc1CS(=N)(=O)O.O=S(=O)([O-])Cc1ccc(O)cc1.[Na+]. The zero-order valence-corrected chi connectivity index (χ0v) is 48.7. The zero-order valence-electron chi connectivity index (χ0n) is 44.2. The minimum atomic E-state index is -4.22. The number of hydrogen-bond acceptors (Lipinski definition) is 16. The molecule has 0 aliphatic carbocycles. The summed E-state index contributed by atoms with van der Waals surface area (Å²) in [4.78, 5) is 10.7. The number of hydrogen-bond donors (Lipinski definition) is 12. The molecule has 0 heterocycles. The van der Waals surface area contributed by atoms with Crippen LogP contribution >= 0.6 is 0 Å². The predicted molar refractivity (Wildman–Crippen MR) is 289 cm³/mol. The summed E-state index contributed by atoms with van der Waals surface area (Å²) in [7, 11) is -9.56. The summed E-state index contributed by atoms with van der Waals surface area (Å²) < 4.78 is 81.8. The molecule has 406 valence electrons. The molecule has 0 bridgehead atoms. The molecule has 12 N–H and O–H groups in total. The molecule has 0 aliphatic heterocycles. The normalized spacial score (nSPS) is 11.2. The van der Waals surface area contributed by atoms with E-state index in [4.69, 9.17) is 24.7 Å². The van der Waals surface area contributed by atoms with Crippen LogP contribution in [-0.4, -0.2) is 85.1 Å². The maximum absolute atomic E-state index is 11.0. The Kier molecular flexibility index (Phi) is 29.3. The number of sulfonamides is 1. The average molecular weight is 1110 g/mol. The molecule has 0 fully saturated rings. The summed E-state index contributed by atoms with van der Waals surface area (Å²) in [5.41, 5.74) is 10.6. The summed E-state index contributed by atoms with van der Waals surface area (Å²) in [5, 5.41) is 69.9. The van der Waals surface area contributed by atoms with Gasteiger partial charge in [0.2, 0.25) is 15.9 Å². The van der Waals surface area contributed by atoms with Crippen molar-refractivity contribution in [1.29, 1.82) is 4.78 Å². The molecule has 23 heteroatoms. The van der Waals surface area contributed by atoms with Crippen LogP contribution in [0.25, 0.3) is 0 Å². The molecule has 6 aromatic carbocycles. The van der Waals surface area contributed by atoms with Crippen molar-refractivity contribution in [1.82, 2.24) is 5.32 Å². The Labute approximate surface area is 463 Å². The van der Waals surface area contributed by atoms with Crippen LogP contribution < -0.4 is 44.9 Å². The summed E-state index contributed by atoms with van der Waals surface area (Å²) in [6.07, 6.45) is 0.944. The van der Waals surface area contributed by atoms with Gasteiger partial charge in [0, 0.05) is 13.5 Å². The van der Waals surface area contributed by atoms with Gasteiger partial charge in [0.1, 0.15) is 34.5 Å². The number of benzene rings is 6. The van der Waals surface area contributed by atoms with E-state index in [2.05, 4.69) is 15.4 Å². The molecule has 75 heavy (non-hydrogen) atoms. The molecule has 6 rings (SSSR count). The molecule has 1 unspecified atom stereocenters. The second-order valence-electron chi connectivity index (χ2n) is 17.1. The Balaban J connectivity index is 0.000000884. The number of amides is 1. The van der Waals surface area contributed by atoms with Gasteiger partial charge in [-0.2, -0.15) is 0 Å². The fourth-order valence-corrected chi connectivity index (χ4v) is 8.37. The van der Waals surface area contributed by atoms with Crippen LogP contribution in [0.1, 0.15) is 73.7 Å². The molecule has 6 aromatic rings.